The molecule has 0 radical (unpaired) electrons. The maximum absolute atomic E-state index is 13.5. The molecule has 5 rings (SSSR count). The van der Waals surface area contributed by atoms with Crippen molar-refractivity contribution in [2.45, 2.75) is 76.2 Å². The Hall–Kier alpha value is -0.810. The quantitative estimate of drug-likeness (QED) is 0.661. The molecule has 0 aliphatic heterocycles. The molecule has 4 saturated carbocycles. The van der Waals surface area contributed by atoms with Crippen LogP contribution in [0.5, 0.6) is 0 Å². The van der Waals surface area contributed by atoms with Crippen LogP contribution in [0.2, 0.25) is 0 Å². The molecule has 0 amide bonds. The molecule has 0 aromatic carbocycles. The lowest BCUT2D eigenvalue weighted by Gasteiger charge is -2.56. The summed E-state index contributed by atoms with van der Waals surface area (Å²) in [7, 11) is 1.73. The van der Waals surface area contributed by atoms with E-state index in [0.29, 0.717) is 12.4 Å². The average molecular weight is 377 g/mol. The van der Waals surface area contributed by atoms with Crippen LogP contribution in [0, 0.1) is 37.0 Å². The predicted molar refractivity (Wildman–Crippen MR) is 105 cm³/mol. The second-order valence-corrected chi connectivity index (χ2v) is 10.3. The van der Waals surface area contributed by atoms with Crippen molar-refractivity contribution in [2.75, 3.05) is 13.7 Å². The average Bonchev–Trinajstić information content (AvgIpc) is 2.84. The molecule has 4 bridgehead atoms. The molecule has 26 heavy (non-hydrogen) atoms. The first kappa shape index (κ1) is 18.5. The van der Waals surface area contributed by atoms with Crippen LogP contribution in [0.25, 0.3) is 0 Å². The number of hydrogen-bond acceptors (Lipinski definition) is 4. The van der Waals surface area contributed by atoms with Crippen LogP contribution in [-0.4, -0.2) is 34.3 Å². The second kappa shape index (κ2) is 6.97. The van der Waals surface area contributed by atoms with Crippen molar-refractivity contribution in [1.29, 1.82) is 0 Å². The Morgan fingerprint density at radius 1 is 1.23 bits per heavy atom. The standard InChI is InChI=1S/C21H32N2O2S/c1-13-14(2)23(5-6-25-4)20(22-13)26-15(3)19(24)21-10-16-7-17(11-21)9-18(8-16)12-21/h15-18H,5-12H2,1-4H3. The number of methoxy groups -OCH3 is 1. The van der Waals surface area contributed by atoms with E-state index in [9.17, 15) is 4.79 Å². The zero-order valence-corrected chi connectivity index (χ0v) is 17.4. The van der Waals surface area contributed by atoms with E-state index < -0.39 is 0 Å². The summed E-state index contributed by atoms with van der Waals surface area (Å²) in [6.45, 7) is 7.72. The first-order chi connectivity index (χ1) is 12.4. The SMILES string of the molecule is COCCn1c(SC(C)C(=O)C23CC4CC(CC(C4)C2)C3)nc(C)c1C. The molecule has 1 atom stereocenters. The molecule has 5 heteroatoms. The summed E-state index contributed by atoms with van der Waals surface area (Å²) in [4.78, 5) is 18.3. The maximum Gasteiger partial charge on any atom is 0.169 e. The molecule has 1 unspecified atom stereocenters. The number of thioether (sulfide) groups is 1. The van der Waals surface area contributed by atoms with E-state index in [4.69, 9.17) is 9.72 Å². The van der Waals surface area contributed by atoms with Crippen molar-refractivity contribution in [1.82, 2.24) is 9.55 Å². The van der Waals surface area contributed by atoms with Gasteiger partial charge in [0.15, 0.2) is 10.9 Å². The van der Waals surface area contributed by atoms with Crippen LogP contribution in [0.1, 0.15) is 56.8 Å². The summed E-state index contributed by atoms with van der Waals surface area (Å²) in [5.74, 6) is 2.94. The number of rotatable bonds is 7. The zero-order chi connectivity index (χ0) is 18.5. The Morgan fingerprint density at radius 3 is 2.35 bits per heavy atom. The van der Waals surface area contributed by atoms with Gasteiger partial charge in [0.2, 0.25) is 0 Å². The minimum absolute atomic E-state index is 0.0186. The highest BCUT2D eigenvalue weighted by molar-refractivity contribution is 8.00. The topological polar surface area (TPSA) is 44.1 Å². The van der Waals surface area contributed by atoms with Gasteiger partial charge in [0.1, 0.15) is 0 Å². The van der Waals surface area contributed by atoms with E-state index >= 15 is 0 Å². The van der Waals surface area contributed by atoms with Gasteiger partial charge >= 0.3 is 0 Å². The first-order valence-electron chi connectivity index (χ1n) is 10.2. The number of imidazole rings is 1. The Balaban J connectivity index is 1.51. The van der Waals surface area contributed by atoms with Gasteiger partial charge in [0, 0.05) is 24.8 Å². The van der Waals surface area contributed by atoms with Crippen LogP contribution in [-0.2, 0) is 16.1 Å². The van der Waals surface area contributed by atoms with Gasteiger partial charge < -0.3 is 9.30 Å². The molecule has 0 saturated heterocycles. The van der Waals surface area contributed by atoms with Crippen LogP contribution >= 0.6 is 11.8 Å². The first-order valence-corrected chi connectivity index (χ1v) is 11.0. The summed E-state index contributed by atoms with van der Waals surface area (Å²) < 4.78 is 7.47. The highest BCUT2D eigenvalue weighted by atomic mass is 32.2. The molecule has 4 nitrogen and oxygen atoms in total. The lowest BCUT2D eigenvalue weighted by atomic mass is 9.48. The molecule has 1 aromatic rings. The fraction of sp³-hybridized carbons (Fsp3) is 0.810. The summed E-state index contributed by atoms with van der Waals surface area (Å²) >= 11 is 1.66. The van der Waals surface area contributed by atoms with Crippen molar-refractivity contribution in [3.63, 3.8) is 0 Å². The largest absolute Gasteiger partial charge is 0.383 e. The van der Waals surface area contributed by atoms with Crippen molar-refractivity contribution >= 4 is 17.5 Å². The zero-order valence-electron chi connectivity index (χ0n) is 16.6. The van der Waals surface area contributed by atoms with Crippen molar-refractivity contribution < 1.29 is 9.53 Å². The smallest absolute Gasteiger partial charge is 0.169 e. The third kappa shape index (κ3) is 3.15. The lowest BCUT2D eigenvalue weighted by molar-refractivity contribution is -0.142. The summed E-state index contributed by atoms with van der Waals surface area (Å²) in [5.41, 5.74) is 2.21. The Bertz CT molecular complexity index is 661. The van der Waals surface area contributed by atoms with Crippen LogP contribution < -0.4 is 0 Å². The van der Waals surface area contributed by atoms with Gasteiger partial charge in [-0.15, -0.1) is 0 Å². The molecule has 4 aliphatic carbocycles. The number of nitrogens with zero attached hydrogens (tertiary/aromatic N) is 2. The van der Waals surface area contributed by atoms with Crippen molar-refractivity contribution in [3.8, 4) is 0 Å². The van der Waals surface area contributed by atoms with E-state index in [1.54, 1.807) is 18.9 Å². The third-order valence-electron chi connectivity index (χ3n) is 7.15. The van der Waals surface area contributed by atoms with E-state index in [1.807, 2.05) is 6.92 Å². The fourth-order valence-electron chi connectivity index (χ4n) is 6.21. The molecule has 4 fully saturated rings. The predicted octanol–water partition coefficient (Wildman–Crippen LogP) is 4.41. The second-order valence-electron chi connectivity index (χ2n) is 9.03. The number of carbonyl (C=O) groups is 1. The van der Waals surface area contributed by atoms with Gasteiger partial charge in [0.05, 0.1) is 17.6 Å². The number of ether oxygens (including phenoxy) is 1. The number of carbonyl (C=O) groups excluding carboxylic acids is 1. The summed E-state index contributed by atoms with van der Waals surface area (Å²) in [6.07, 6.45) is 7.60. The highest BCUT2D eigenvalue weighted by Crippen LogP contribution is 2.61. The summed E-state index contributed by atoms with van der Waals surface area (Å²) in [5, 5.41) is 0.955. The van der Waals surface area contributed by atoms with Gasteiger partial charge in [-0.05, 0) is 77.0 Å². The number of hydrogen-bond donors (Lipinski definition) is 0. The Morgan fingerprint density at radius 2 is 1.81 bits per heavy atom. The third-order valence-corrected chi connectivity index (χ3v) is 8.24. The van der Waals surface area contributed by atoms with E-state index in [-0.39, 0.29) is 10.7 Å². The van der Waals surface area contributed by atoms with E-state index in [1.165, 1.54) is 25.0 Å². The fourth-order valence-corrected chi connectivity index (χ4v) is 7.43. The molecule has 1 aromatic heterocycles. The molecule has 0 spiro atoms. The highest BCUT2D eigenvalue weighted by Gasteiger charge is 2.55. The summed E-state index contributed by atoms with van der Waals surface area (Å²) in [6, 6.07) is 0. The molecular formula is C21H32N2O2S. The van der Waals surface area contributed by atoms with Crippen LogP contribution in [0.4, 0.5) is 0 Å². The molecule has 144 valence electrons. The van der Waals surface area contributed by atoms with Gasteiger partial charge in [-0.25, -0.2) is 4.98 Å². The Labute approximate surface area is 161 Å². The van der Waals surface area contributed by atoms with Crippen LogP contribution in [0.15, 0.2) is 5.16 Å². The normalized spacial score (nSPS) is 33.6. The van der Waals surface area contributed by atoms with Crippen molar-refractivity contribution in [3.05, 3.63) is 11.4 Å². The van der Waals surface area contributed by atoms with Gasteiger partial charge in [-0.3, -0.25) is 4.79 Å². The minimum Gasteiger partial charge on any atom is -0.383 e. The molecule has 4 aliphatic rings. The van der Waals surface area contributed by atoms with E-state index in [0.717, 1.165) is 54.4 Å². The van der Waals surface area contributed by atoms with Gasteiger partial charge in [-0.1, -0.05) is 11.8 Å². The molecule has 1 heterocycles. The number of ketones is 1. The van der Waals surface area contributed by atoms with Gasteiger partial charge in [-0.2, -0.15) is 0 Å². The van der Waals surface area contributed by atoms with Crippen LogP contribution in [0.3, 0.4) is 0 Å². The number of aromatic nitrogens is 2. The van der Waals surface area contributed by atoms with Gasteiger partial charge in [0.25, 0.3) is 0 Å². The number of aryl methyl sites for hydroxylation is 1. The maximum atomic E-state index is 13.5. The number of Topliss-reactive ketones (excluding diaryl/α,β-unsaturated/α-hetero) is 1. The minimum atomic E-state index is -0.0197. The molecular weight excluding hydrogens is 344 g/mol. The van der Waals surface area contributed by atoms with Crippen molar-refractivity contribution in [2.24, 2.45) is 23.2 Å². The monoisotopic (exact) mass is 376 g/mol. The molecule has 0 N–H and O–H groups in total. The Kier molecular flexibility index (Phi) is 4.98. The lowest BCUT2D eigenvalue weighted by Crippen LogP contribution is -2.51. The van der Waals surface area contributed by atoms with E-state index in [2.05, 4.69) is 18.4 Å².